The first-order valence-electron chi connectivity index (χ1n) is 5.80. The quantitative estimate of drug-likeness (QED) is 0.796. The van der Waals surface area contributed by atoms with E-state index in [1.54, 1.807) is 13.0 Å². The zero-order valence-electron chi connectivity index (χ0n) is 10.4. The van der Waals surface area contributed by atoms with Gasteiger partial charge in [0.25, 0.3) is 0 Å². The van der Waals surface area contributed by atoms with E-state index in [9.17, 15) is 4.79 Å². The number of ether oxygens (including phenoxy) is 1. The molecular weight excluding hydrogens is 214 g/mol. The minimum absolute atomic E-state index is 0. The van der Waals surface area contributed by atoms with Gasteiger partial charge >= 0.3 is 5.97 Å². The lowest BCUT2D eigenvalue weighted by atomic mass is 9.96. The molecule has 0 aliphatic carbocycles. The molecule has 0 saturated heterocycles. The zero-order valence-corrected chi connectivity index (χ0v) is 10.4. The Morgan fingerprint density at radius 1 is 1.47 bits per heavy atom. The highest BCUT2D eigenvalue weighted by Gasteiger charge is 2.19. The Labute approximate surface area is 103 Å². The maximum Gasteiger partial charge on any atom is 0.338 e. The van der Waals surface area contributed by atoms with E-state index in [-0.39, 0.29) is 12.9 Å². The number of carbonyl (C=O) groups is 1. The summed E-state index contributed by atoms with van der Waals surface area (Å²) in [5, 5.41) is 3.40. The van der Waals surface area contributed by atoms with Crippen LogP contribution in [0.2, 0.25) is 0 Å². The van der Waals surface area contributed by atoms with Crippen molar-refractivity contribution >= 4 is 17.7 Å². The van der Waals surface area contributed by atoms with Gasteiger partial charge in [0.1, 0.15) is 0 Å². The maximum atomic E-state index is 11.6. The van der Waals surface area contributed by atoms with Gasteiger partial charge in [-0.25, -0.2) is 4.79 Å². The number of fused-ring (bicyclic) bond motifs is 1. The molecule has 3 heteroatoms. The van der Waals surface area contributed by atoms with E-state index in [2.05, 4.69) is 25.2 Å². The van der Waals surface area contributed by atoms with Crippen LogP contribution in [0.4, 0.5) is 5.69 Å². The molecule has 0 saturated carbocycles. The number of hydrogen-bond donors (Lipinski definition) is 1. The minimum atomic E-state index is -0.270. The number of carbonyl (C=O) groups excluding carboxylic acids is 1. The Hall–Kier alpha value is -1.77. The third-order valence-corrected chi connectivity index (χ3v) is 2.70. The van der Waals surface area contributed by atoms with Crippen LogP contribution >= 0.6 is 0 Å². The van der Waals surface area contributed by atoms with Crippen LogP contribution in [-0.4, -0.2) is 18.1 Å². The number of hydrogen-bond acceptors (Lipinski definition) is 3. The summed E-state index contributed by atoms with van der Waals surface area (Å²) in [5.41, 5.74) is 2.62. The summed E-state index contributed by atoms with van der Waals surface area (Å²) in [6, 6.07) is 5.57. The lowest BCUT2D eigenvalue weighted by molar-refractivity contribution is 0.0526. The Kier molecular flexibility index (Phi) is 2.92. The van der Waals surface area contributed by atoms with E-state index in [4.69, 9.17) is 4.74 Å². The van der Waals surface area contributed by atoms with Crippen LogP contribution in [0.1, 0.15) is 38.1 Å². The molecule has 1 aromatic carbocycles. The van der Waals surface area contributed by atoms with Gasteiger partial charge in [-0.05, 0) is 44.5 Å². The lowest BCUT2D eigenvalue weighted by Crippen LogP contribution is -2.30. The van der Waals surface area contributed by atoms with Crippen molar-refractivity contribution in [2.24, 2.45) is 0 Å². The molecule has 17 heavy (non-hydrogen) atoms. The van der Waals surface area contributed by atoms with Gasteiger partial charge in [0.15, 0.2) is 0 Å². The Bertz CT molecular complexity index is 481. The zero-order chi connectivity index (χ0) is 12.5. The van der Waals surface area contributed by atoms with Gasteiger partial charge in [0.05, 0.1) is 17.7 Å². The molecule has 1 heterocycles. The largest absolute Gasteiger partial charge is 0.462 e. The molecule has 0 aromatic heterocycles. The maximum absolute atomic E-state index is 11.6. The molecule has 1 aliphatic rings. The van der Waals surface area contributed by atoms with Crippen LogP contribution in [-0.2, 0) is 4.74 Å². The van der Waals surface area contributed by atoms with Crippen LogP contribution < -0.4 is 5.32 Å². The minimum Gasteiger partial charge on any atom is -0.462 e. The molecule has 0 atom stereocenters. The number of rotatable bonds is 2. The second-order valence-corrected chi connectivity index (χ2v) is 4.70. The van der Waals surface area contributed by atoms with Gasteiger partial charge in [0.2, 0.25) is 0 Å². The molecule has 1 aliphatic heterocycles. The summed E-state index contributed by atoms with van der Waals surface area (Å²) in [6.45, 7) is 6.41. The molecule has 0 fully saturated rings. The van der Waals surface area contributed by atoms with Crippen LogP contribution in [0.3, 0.4) is 0 Å². The van der Waals surface area contributed by atoms with E-state index < -0.39 is 0 Å². The molecule has 0 spiro atoms. The van der Waals surface area contributed by atoms with E-state index in [0.717, 1.165) is 11.3 Å². The molecule has 1 N–H and O–H groups in total. The second-order valence-electron chi connectivity index (χ2n) is 4.70. The SMILES string of the molecule is CCOC(=O)c1ccc2c(c1)C=CC(C)(C)N2.[HH]. The van der Waals surface area contributed by atoms with Gasteiger partial charge in [-0.15, -0.1) is 0 Å². The van der Waals surface area contributed by atoms with Gasteiger partial charge in [-0.2, -0.15) is 0 Å². The monoisotopic (exact) mass is 233 g/mol. The summed E-state index contributed by atoms with van der Waals surface area (Å²) >= 11 is 0. The van der Waals surface area contributed by atoms with Crippen molar-refractivity contribution in [3.05, 3.63) is 35.4 Å². The summed E-state index contributed by atoms with van der Waals surface area (Å²) < 4.78 is 4.98. The average molecular weight is 233 g/mol. The van der Waals surface area contributed by atoms with Crippen molar-refractivity contribution in [1.82, 2.24) is 0 Å². The molecule has 1 aromatic rings. The molecule has 0 radical (unpaired) electrons. The number of nitrogens with one attached hydrogen (secondary N) is 1. The first-order chi connectivity index (χ1) is 8.02. The van der Waals surface area contributed by atoms with Crippen molar-refractivity contribution in [2.45, 2.75) is 26.3 Å². The number of benzene rings is 1. The van der Waals surface area contributed by atoms with Gasteiger partial charge in [-0.3, -0.25) is 0 Å². The van der Waals surface area contributed by atoms with Gasteiger partial charge < -0.3 is 10.1 Å². The standard InChI is InChI=1S/C14H17NO2.H2/c1-4-17-13(16)11-5-6-12-10(9-11)7-8-14(2,3)15-12;/h5-9,15H,4H2,1-3H3;1H. The highest BCUT2D eigenvalue weighted by molar-refractivity contribution is 5.91. The van der Waals surface area contributed by atoms with Crippen molar-refractivity contribution in [3.8, 4) is 0 Å². The third-order valence-electron chi connectivity index (χ3n) is 2.70. The van der Waals surface area contributed by atoms with Crippen LogP contribution in [0.15, 0.2) is 24.3 Å². The fraction of sp³-hybridized carbons (Fsp3) is 0.357. The highest BCUT2D eigenvalue weighted by Crippen LogP contribution is 2.28. The summed E-state index contributed by atoms with van der Waals surface area (Å²) in [4.78, 5) is 11.6. The van der Waals surface area contributed by atoms with E-state index >= 15 is 0 Å². The van der Waals surface area contributed by atoms with Crippen molar-refractivity contribution in [1.29, 1.82) is 0 Å². The average Bonchev–Trinajstić information content (AvgIpc) is 2.27. The van der Waals surface area contributed by atoms with Crippen LogP contribution in [0.5, 0.6) is 0 Å². The number of anilines is 1. The lowest BCUT2D eigenvalue weighted by Gasteiger charge is -2.29. The van der Waals surface area contributed by atoms with Crippen molar-refractivity contribution in [2.75, 3.05) is 11.9 Å². The summed E-state index contributed by atoms with van der Waals surface area (Å²) in [5.74, 6) is -0.270. The molecule has 0 bridgehead atoms. The Balaban J connectivity index is 0.00000162. The van der Waals surface area contributed by atoms with Crippen molar-refractivity contribution < 1.29 is 11.0 Å². The smallest absolute Gasteiger partial charge is 0.338 e. The molecule has 0 amide bonds. The highest BCUT2D eigenvalue weighted by atomic mass is 16.5. The summed E-state index contributed by atoms with van der Waals surface area (Å²) in [6.07, 6.45) is 4.12. The van der Waals surface area contributed by atoms with Crippen LogP contribution in [0.25, 0.3) is 6.08 Å². The Morgan fingerprint density at radius 3 is 2.94 bits per heavy atom. The number of esters is 1. The van der Waals surface area contributed by atoms with E-state index in [1.165, 1.54) is 0 Å². The summed E-state index contributed by atoms with van der Waals surface area (Å²) in [7, 11) is 0. The fourth-order valence-electron chi connectivity index (χ4n) is 1.84. The fourth-order valence-corrected chi connectivity index (χ4v) is 1.84. The first-order valence-corrected chi connectivity index (χ1v) is 5.80. The third kappa shape index (κ3) is 2.49. The van der Waals surface area contributed by atoms with Crippen LogP contribution in [0, 0.1) is 0 Å². The van der Waals surface area contributed by atoms with Gasteiger partial charge in [0, 0.05) is 7.11 Å². The second kappa shape index (κ2) is 4.24. The van der Waals surface area contributed by atoms with Gasteiger partial charge in [-0.1, -0.05) is 12.2 Å². The molecular formula is C14H19NO2. The predicted molar refractivity (Wildman–Crippen MR) is 71.2 cm³/mol. The molecule has 0 unspecified atom stereocenters. The Morgan fingerprint density at radius 2 is 2.24 bits per heavy atom. The molecule has 3 nitrogen and oxygen atoms in total. The normalized spacial score (nSPS) is 15.9. The first kappa shape index (κ1) is 11.7. The predicted octanol–water partition coefficient (Wildman–Crippen LogP) is 3.33. The van der Waals surface area contributed by atoms with Crippen molar-refractivity contribution in [3.63, 3.8) is 0 Å². The molecule has 92 valence electrons. The molecule has 2 rings (SSSR count). The van der Waals surface area contributed by atoms with E-state index in [1.807, 2.05) is 18.2 Å². The topological polar surface area (TPSA) is 38.3 Å². The van der Waals surface area contributed by atoms with E-state index in [0.29, 0.717) is 12.2 Å².